The maximum atomic E-state index is 12.0. The van der Waals surface area contributed by atoms with Crippen molar-refractivity contribution >= 4 is 23.1 Å². The minimum absolute atomic E-state index is 0.181. The highest BCUT2D eigenvalue weighted by atomic mass is 16.2. The second-order valence-corrected chi connectivity index (χ2v) is 6.67. The van der Waals surface area contributed by atoms with Crippen LogP contribution in [0.4, 0.5) is 17.2 Å². The van der Waals surface area contributed by atoms with Crippen LogP contribution in [0.2, 0.25) is 0 Å². The Balaban J connectivity index is 1.66. The fourth-order valence-corrected chi connectivity index (χ4v) is 3.18. The first-order valence-electron chi connectivity index (χ1n) is 9.05. The number of hydrogen-bond donors (Lipinski definition) is 1. The first-order chi connectivity index (χ1) is 13.1. The Morgan fingerprint density at radius 2 is 2.00 bits per heavy atom. The minimum atomic E-state index is 0.181. The Morgan fingerprint density at radius 3 is 2.74 bits per heavy atom. The largest absolute Gasteiger partial charge is 0.340 e. The normalized spacial score (nSPS) is 13.9. The van der Waals surface area contributed by atoms with Crippen molar-refractivity contribution in [2.45, 2.75) is 26.7 Å². The summed E-state index contributed by atoms with van der Waals surface area (Å²) >= 11 is 0. The lowest BCUT2D eigenvalue weighted by molar-refractivity contribution is -0.117. The molecular formula is C21H21N5O. The third kappa shape index (κ3) is 3.51. The quantitative estimate of drug-likeness (QED) is 0.762. The molecule has 3 heterocycles. The van der Waals surface area contributed by atoms with Gasteiger partial charge < -0.3 is 10.2 Å². The van der Waals surface area contributed by atoms with Crippen molar-refractivity contribution in [1.82, 2.24) is 15.0 Å². The molecule has 6 heteroatoms. The Labute approximate surface area is 158 Å². The van der Waals surface area contributed by atoms with E-state index >= 15 is 0 Å². The molecule has 1 saturated heterocycles. The number of hydrogen-bond acceptors (Lipinski definition) is 5. The second kappa shape index (κ2) is 7.15. The van der Waals surface area contributed by atoms with E-state index in [2.05, 4.69) is 15.3 Å². The van der Waals surface area contributed by atoms with Crippen molar-refractivity contribution in [2.24, 2.45) is 0 Å². The van der Waals surface area contributed by atoms with Gasteiger partial charge in [0.15, 0.2) is 5.82 Å². The molecule has 1 N–H and O–H groups in total. The number of amides is 1. The van der Waals surface area contributed by atoms with E-state index in [9.17, 15) is 4.79 Å². The van der Waals surface area contributed by atoms with E-state index in [0.29, 0.717) is 12.2 Å². The maximum absolute atomic E-state index is 12.0. The van der Waals surface area contributed by atoms with Gasteiger partial charge in [-0.25, -0.2) is 9.97 Å². The molecule has 6 nitrogen and oxygen atoms in total. The minimum Gasteiger partial charge on any atom is -0.340 e. The summed E-state index contributed by atoms with van der Waals surface area (Å²) in [5, 5.41) is 3.39. The number of rotatable bonds is 4. The summed E-state index contributed by atoms with van der Waals surface area (Å²) in [6.07, 6.45) is 5.02. The lowest BCUT2D eigenvalue weighted by Gasteiger charge is -2.18. The van der Waals surface area contributed by atoms with Crippen LogP contribution in [0.3, 0.4) is 0 Å². The summed E-state index contributed by atoms with van der Waals surface area (Å²) in [6, 6.07) is 11.7. The molecule has 0 atom stereocenters. The van der Waals surface area contributed by atoms with Crippen LogP contribution in [-0.4, -0.2) is 27.4 Å². The molecule has 4 rings (SSSR count). The maximum Gasteiger partial charge on any atom is 0.227 e. The van der Waals surface area contributed by atoms with Gasteiger partial charge in [-0.15, -0.1) is 0 Å². The molecule has 1 fully saturated rings. The Kier molecular flexibility index (Phi) is 4.54. The molecule has 0 unspecified atom stereocenters. The number of aromatic nitrogens is 3. The second-order valence-electron chi connectivity index (χ2n) is 6.67. The van der Waals surface area contributed by atoms with Crippen LogP contribution in [0.25, 0.3) is 11.4 Å². The van der Waals surface area contributed by atoms with E-state index in [-0.39, 0.29) is 5.91 Å². The third-order valence-corrected chi connectivity index (χ3v) is 4.80. The highest BCUT2D eigenvalue weighted by molar-refractivity contribution is 5.95. The molecule has 1 amide bonds. The van der Waals surface area contributed by atoms with Crippen molar-refractivity contribution in [2.75, 3.05) is 16.8 Å². The first-order valence-corrected chi connectivity index (χ1v) is 9.05. The molecule has 2 aromatic heterocycles. The van der Waals surface area contributed by atoms with E-state index in [4.69, 9.17) is 4.98 Å². The van der Waals surface area contributed by atoms with Crippen LogP contribution in [0.5, 0.6) is 0 Å². The molecule has 27 heavy (non-hydrogen) atoms. The van der Waals surface area contributed by atoms with Crippen molar-refractivity contribution in [3.8, 4) is 11.4 Å². The Bertz CT molecular complexity index is 987. The number of pyridine rings is 1. The molecule has 1 aliphatic heterocycles. The van der Waals surface area contributed by atoms with Crippen molar-refractivity contribution < 1.29 is 4.79 Å². The first kappa shape index (κ1) is 17.1. The number of carbonyl (C=O) groups is 1. The highest BCUT2D eigenvalue weighted by Gasteiger charge is 2.21. The molecule has 0 aliphatic carbocycles. The molecule has 3 aromatic rings. The van der Waals surface area contributed by atoms with Gasteiger partial charge in [-0.05, 0) is 50.6 Å². The van der Waals surface area contributed by atoms with Crippen LogP contribution >= 0.6 is 0 Å². The fourth-order valence-electron chi connectivity index (χ4n) is 3.18. The number of nitrogens with zero attached hydrogens (tertiary/aromatic N) is 4. The summed E-state index contributed by atoms with van der Waals surface area (Å²) in [7, 11) is 0. The van der Waals surface area contributed by atoms with E-state index in [1.165, 1.54) is 0 Å². The van der Waals surface area contributed by atoms with Gasteiger partial charge in [0.2, 0.25) is 5.91 Å². The van der Waals surface area contributed by atoms with E-state index in [0.717, 1.165) is 47.0 Å². The Morgan fingerprint density at radius 1 is 1.11 bits per heavy atom. The smallest absolute Gasteiger partial charge is 0.227 e. The van der Waals surface area contributed by atoms with E-state index < -0.39 is 0 Å². The summed E-state index contributed by atoms with van der Waals surface area (Å²) in [5.74, 6) is 1.57. The van der Waals surface area contributed by atoms with Crippen LogP contribution in [-0.2, 0) is 4.79 Å². The molecule has 1 aliphatic rings. The van der Waals surface area contributed by atoms with Crippen LogP contribution in [0, 0.1) is 13.8 Å². The van der Waals surface area contributed by atoms with Crippen molar-refractivity contribution in [1.29, 1.82) is 0 Å². The third-order valence-electron chi connectivity index (χ3n) is 4.80. The van der Waals surface area contributed by atoms with Gasteiger partial charge in [0.05, 0.1) is 0 Å². The van der Waals surface area contributed by atoms with Gasteiger partial charge in [0, 0.05) is 53.6 Å². The molecule has 0 saturated carbocycles. The van der Waals surface area contributed by atoms with Crippen LogP contribution < -0.4 is 10.2 Å². The number of benzene rings is 1. The molecule has 0 bridgehead atoms. The number of anilines is 3. The lowest BCUT2D eigenvalue weighted by Crippen LogP contribution is -2.23. The number of carbonyl (C=O) groups excluding carboxylic acids is 1. The predicted molar refractivity (Wildman–Crippen MR) is 106 cm³/mol. The zero-order valence-corrected chi connectivity index (χ0v) is 15.4. The van der Waals surface area contributed by atoms with Gasteiger partial charge in [0.25, 0.3) is 0 Å². The zero-order valence-electron chi connectivity index (χ0n) is 15.4. The average molecular weight is 359 g/mol. The van der Waals surface area contributed by atoms with Gasteiger partial charge in [0.1, 0.15) is 5.82 Å². The van der Waals surface area contributed by atoms with Gasteiger partial charge in [-0.3, -0.25) is 9.78 Å². The zero-order chi connectivity index (χ0) is 18.8. The molecular weight excluding hydrogens is 338 g/mol. The standard InChI is InChI=1S/C21H21N5O/c1-14-15(2)23-21(16-6-4-10-22-13-16)25-20(14)24-17-7-3-8-18(12-17)26-11-5-9-19(26)27/h3-4,6-8,10,12-13H,5,9,11H2,1-2H3,(H,23,24,25). The summed E-state index contributed by atoms with van der Waals surface area (Å²) < 4.78 is 0. The topological polar surface area (TPSA) is 71.0 Å². The van der Waals surface area contributed by atoms with Crippen LogP contribution in [0.15, 0.2) is 48.8 Å². The summed E-state index contributed by atoms with van der Waals surface area (Å²) in [4.78, 5) is 27.3. The SMILES string of the molecule is Cc1nc(-c2cccnc2)nc(Nc2cccc(N3CCCC3=O)c2)c1C. The highest BCUT2D eigenvalue weighted by Crippen LogP contribution is 2.28. The Hall–Kier alpha value is -3.28. The van der Waals surface area contributed by atoms with Gasteiger partial charge in [-0.2, -0.15) is 0 Å². The summed E-state index contributed by atoms with van der Waals surface area (Å²) in [6.45, 7) is 4.75. The van der Waals surface area contributed by atoms with Crippen molar-refractivity contribution in [3.63, 3.8) is 0 Å². The van der Waals surface area contributed by atoms with Crippen LogP contribution in [0.1, 0.15) is 24.1 Å². The fraction of sp³-hybridized carbons (Fsp3) is 0.238. The number of nitrogens with one attached hydrogen (secondary N) is 1. The van der Waals surface area contributed by atoms with E-state index in [1.807, 2.05) is 55.1 Å². The lowest BCUT2D eigenvalue weighted by atomic mass is 10.2. The summed E-state index contributed by atoms with van der Waals surface area (Å²) in [5.41, 5.74) is 4.59. The van der Waals surface area contributed by atoms with Gasteiger partial charge >= 0.3 is 0 Å². The van der Waals surface area contributed by atoms with E-state index in [1.54, 1.807) is 12.4 Å². The monoisotopic (exact) mass is 359 g/mol. The average Bonchev–Trinajstić information content (AvgIpc) is 3.12. The van der Waals surface area contributed by atoms with Gasteiger partial charge in [-0.1, -0.05) is 6.07 Å². The molecule has 0 radical (unpaired) electrons. The van der Waals surface area contributed by atoms with Crippen molar-refractivity contribution in [3.05, 3.63) is 60.0 Å². The number of aryl methyl sites for hydroxylation is 1. The molecule has 1 aromatic carbocycles. The predicted octanol–water partition coefficient (Wildman–Crippen LogP) is 4.03. The molecule has 136 valence electrons. The molecule has 0 spiro atoms.